The van der Waals surface area contributed by atoms with Crippen molar-refractivity contribution in [3.8, 4) is 11.1 Å². The zero-order valence-corrected chi connectivity index (χ0v) is 19.5. The highest BCUT2D eigenvalue weighted by Gasteiger charge is 2.23. The average molecular weight is 423 g/mol. The van der Waals surface area contributed by atoms with Crippen LogP contribution in [0.4, 0.5) is 5.69 Å². The number of nitrogens with one attached hydrogen (secondary N) is 2. The molecule has 3 N–H and O–H groups in total. The molecular formula is C26H34N2O3. The highest BCUT2D eigenvalue weighted by atomic mass is 16.4. The molecule has 0 aliphatic heterocycles. The Morgan fingerprint density at radius 2 is 1.58 bits per heavy atom. The number of hydrogen-bond acceptors (Lipinski definition) is 3. The Bertz CT molecular complexity index is 973. The number of amides is 1. The van der Waals surface area contributed by atoms with Crippen LogP contribution in [0.5, 0.6) is 0 Å². The van der Waals surface area contributed by atoms with Gasteiger partial charge < -0.3 is 15.7 Å². The van der Waals surface area contributed by atoms with Gasteiger partial charge in [0, 0.05) is 17.3 Å². The number of benzene rings is 2. The second-order valence-electron chi connectivity index (χ2n) is 8.76. The lowest BCUT2D eigenvalue weighted by Gasteiger charge is -2.18. The van der Waals surface area contributed by atoms with Crippen molar-refractivity contribution < 1.29 is 14.7 Å². The fourth-order valence-electron chi connectivity index (χ4n) is 3.45. The van der Waals surface area contributed by atoms with Crippen molar-refractivity contribution in [2.24, 2.45) is 5.92 Å². The molecule has 5 heteroatoms. The summed E-state index contributed by atoms with van der Waals surface area (Å²) in [4.78, 5) is 23.9. The summed E-state index contributed by atoms with van der Waals surface area (Å²) >= 11 is 0. The van der Waals surface area contributed by atoms with Crippen molar-refractivity contribution in [2.75, 3.05) is 5.32 Å². The van der Waals surface area contributed by atoms with Crippen molar-refractivity contribution in [3.63, 3.8) is 0 Å². The van der Waals surface area contributed by atoms with Crippen LogP contribution in [0.25, 0.3) is 17.2 Å². The third-order valence-electron chi connectivity index (χ3n) is 5.21. The first kappa shape index (κ1) is 24.2. The van der Waals surface area contributed by atoms with E-state index in [1.54, 1.807) is 20.8 Å². The molecule has 1 atom stereocenters. The molecule has 0 saturated carbocycles. The SMILES string of the molecule is C/C(=C\c1cc(C)c(-c2ccc(NC(C)C)cc2)cc1C)C(=O)N[C@@H](C(=O)O)C(C)C. The van der Waals surface area contributed by atoms with Gasteiger partial charge >= 0.3 is 5.97 Å². The van der Waals surface area contributed by atoms with Gasteiger partial charge in [-0.2, -0.15) is 0 Å². The number of carboxylic acids is 1. The van der Waals surface area contributed by atoms with E-state index in [4.69, 9.17) is 0 Å². The predicted molar refractivity (Wildman–Crippen MR) is 128 cm³/mol. The van der Waals surface area contributed by atoms with Gasteiger partial charge in [0.2, 0.25) is 5.91 Å². The molecule has 2 rings (SSSR count). The van der Waals surface area contributed by atoms with Crippen LogP contribution in [0.1, 0.15) is 51.3 Å². The topological polar surface area (TPSA) is 78.4 Å². The number of aliphatic carboxylic acids is 1. The van der Waals surface area contributed by atoms with Crippen LogP contribution in [0.3, 0.4) is 0 Å². The van der Waals surface area contributed by atoms with Gasteiger partial charge in [-0.05, 0) is 86.6 Å². The average Bonchev–Trinajstić information content (AvgIpc) is 2.68. The molecule has 2 aromatic rings. The van der Waals surface area contributed by atoms with Crippen molar-refractivity contribution >= 4 is 23.6 Å². The third-order valence-corrected chi connectivity index (χ3v) is 5.21. The first-order valence-corrected chi connectivity index (χ1v) is 10.7. The van der Waals surface area contributed by atoms with Crippen molar-refractivity contribution in [1.29, 1.82) is 0 Å². The van der Waals surface area contributed by atoms with Gasteiger partial charge in [-0.1, -0.05) is 38.1 Å². The quantitative estimate of drug-likeness (QED) is 0.496. The van der Waals surface area contributed by atoms with E-state index in [1.807, 2.05) is 13.0 Å². The monoisotopic (exact) mass is 422 g/mol. The van der Waals surface area contributed by atoms with Crippen LogP contribution in [-0.2, 0) is 9.59 Å². The largest absolute Gasteiger partial charge is 0.480 e. The summed E-state index contributed by atoms with van der Waals surface area (Å²) in [5.41, 5.74) is 6.97. The van der Waals surface area contributed by atoms with E-state index in [-0.39, 0.29) is 11.8 Å². The molecule has 0 unspecified atom stereocenters. The van der Waals surface area contributed by atoms with E-state index < -0.39 is 12.0 Å². The maximum Gasteiger partial charge on any atom is 0.326 e. The smallest absolute Gasteiger partial charge is 0.326 e. The summed E-state index contributed by atoms with van der Waals surface area (Å²) < 4.78 is 0. The molecule has 0 aliphatic rings. The third kappa shape index (κ3) is 6.45. The number of carboxylic acid groups (broad SMARTS) is 1. The van der Waals surface area contributed by atoms with Gasteiger partial charge in [-0.3, -0.25) is 4.79 Å². The molecule has 31 heavy (non-hydrogen) atoms. The minimum atomic E-state index is -1.03. The van der Waals surface area contributed by atoms with Crippen molar-refractivity contribution in [3.05, 3.63) is 58.7 Å². The maximum atomic E-state index is 12.5. The fourth-order valence-corrected chi connectivity index (χ4v) is 3.45. The van der Waals surface area contributed by atoms with E-state index in [2.05, 4.69) is 67.8 Å². The molecule has 0 aromatic heterocycles. The molecule has 0 spiro atoms. The minimum absolute atomic E-state index is 0.195. The molecule has 166 valence electrons. The fraction of sp³-hybridized carbons (Fsp3) is 0.385. The van der Waals surface area contributed by atoms with Gasteiger partial charge in [0.15, 0.2) is 0 Å². The molecule has 2 aromatic carbocycles. The van der Waals surface area contributed by atoms with Gasteiger partial charge in [0.25, 0.3) is 0 Å². The Kier molecular flexibility index (Phi) is 8.03. The zero-order chi connectivity index (χ0) is 23.3. The molecule has 1 amide bonds. The first-order chi connectivity index (χ1) is 14.5. The number of aryl methyl sites for hydroxylation is 2. The van der Waals surface area contributed by atoms with Crippen molar-refractivity contribution in [1.82, 2.24) is 5.32 Å². The van der Waals surface area contributed by atoms with Crippen molar-refractivity contribution in [2.45, 2.75) is 60.5 Å². The number of carbonyl (C=O) groups is 2. The Balaban J connectivity index is 2.27. The summed E-state index contributed by atoms with van der Waals surface area (Å²) in [6, 6.07) is 12.1. The van der Waals surface area contributed by atoms with Crippen LogP contribution in [0.15, 0.2) is 42.0 Å². The van der Waals surface area contributed by atoms with Gasteiger partial charge in [0.05, 0.1) is 0 Å². The highest BCUT2D eigenvalue weighted by molar-refractivity contribution is 5.99. The van der Waals surface area contributed by atoms with E-state index in [0.29, 0.717) is 11.6 Å². The van der Waals surface area contributed by atoms with E-state index in [1.165, 1.54) is 0 Å². The molecule has 0 fully saturated rings. The van der Waals surface area contributed by atoms with E-state index in [9.17, 15) is 14.7 Å². The van der Waals surface area contributed by atoms with Gasteiger partial charge in [-0.15, -0.1) is 0 Å². The molecule has 0 bridgehead atoms. The lowest BCUT2D eigenvalue weighted by molar-refractivity contribution is -0.142. The van der Waals surface area contributed by atoms with Gasteiger partial charge in [0.1, 0.15) is 6.04 Å². The van der Waals surface area contributed by atoms with Crippen LogP contribution < -0.4 is 10.6 Å². The molecule has 0 heterocycles. The lowest BCUT2D eigenvalue weighted by Crippen LogP contribution is -2.44. The molecule has 5 nitrogen and oxygen atoms in total. The summed E-state index contributed by atoms with van der Waals surface area (Å²) in [6.07, 6.45) is 1.82. The molecular weight excluding hydrogens is 388 g/mol. The second kappa shape index (κ2) is 10.3. The van der Waals surface area contributed by atoms with Crippen LogP contribution in [0.2, 0.25) is 0 Å². The summed E-state index contributed by atoms with van der Waals surface area (Å²) in [7, 11) is 0. The van der Waals surface area contributed by atoms with Crippen LogP contribution in [0, 0.1) is 19.8 Å². The number of hydrogen-bond donors (Lipinski definition) is 3. The second-order valence-corrected chi connectivity index (χ2v) is 8.76. The Labute approximate surface area is 185 Å². The molecule has 0 saturated heterocycles. The molecule has 0 radical (unpaired) electrons. The standard InChI is InChI=1S/C26H34N2O3/c1-15(2)24(26(30)31)28-25(29)19(7)13-21-12-18(6)23(14-17(21)5)20-8-10-22(11-9-20)27-16(3)4/h8-16,24,27H,1-7H3,(H,28,29)(H,30,31)/b19-13+/t24-/m1/s1. The predicted octanol–water partition coefficient (Wildman–Crippen LogP) is 5.42. The Morgan fingerprint density at radius 1 is 0.968 bits per heavy atom. The molecule has 0 aliphatic carbocycles. The van der Waals surface area contributed by atoms with Crippen LogP contribution in [-0.4, -0.2) is 29.1 Å². The normalized spacial score (nSPS) is 12.7. The van der Waals surface area contributed by atoms with E-state index in [0.717, 1.165) is 33.5 Å². The number of carbonyl (C=O) groups excluding carboxylic acids is 1. The number of rotatable bonds is 8. The lowest BCUT2D eigenvalue weighted by atomic mass is 9.94. The summed E-state index contributed by atoms with van der Waals surface area (Å²) in [5, 5.41) is 15.3. The maximum absolute atomic E-state index is 12.5. The summed E-state index contributed by atoms with van der Waals surface area (Å²) in [6.45, 7) is 13.5. The van der Waals surface area contributed by atoms with Gasteiger partial charge in [-0.25, -0.2) is 4.79 Å². The van der Waals surface area contributed by atoms with Crippen LogP contribution >= 0.6 is 0 Å². The Morgan fingerprint density at radius 3 is 2.10 bits per heavy atom. The zero-order valence-electron chi connectivity index (χ0n) is 19.5. The Hall–Kier alpha value is -3.08. The minimum Gasteiger partial charge on any atom is -0.480 e. The summed E-state index contributed by atoms with van der Waals surface area (Å²) in [5.74, 6) is -1.59. The van der Waals surface area contributed by atoms with E-state index >= 15 is 0 Å². The first-order valence-electron chi connectivity index (χ1n) is 10.7. The highest BCUT2D eigenvalue weighted by Crippen LogP contribution is 2.29. The number of anilines is 1.